The van der Waals surface area contributed by atoms with Crippen LogP contribution in [0.4, 0.5) is 5.95 Å². The van der Waals surface area contributed by atoms with Crippen molar-refractivity contribution in [3.63, 3.8) is 0 Å². The number of aromatic nitrogens is 5. The summed E-state index contributed by atoms with van der Waals surface area (Å²) in [6.45, 7) is 1.43. The number of nitrogens with zero attached hydrogens (tertiary/aromatic N) is 5. The second-order valence-electron chi connectivity index (χ2n) is 3.18. The summed E-state index contributed by atoms with van der Waals surface area (Å²) in [5.41, 5.74) is 6.80. The third-order valence-corrected chi connectivity index (χ3v) is 2.01. The molecule has 0 unspecified atom stereocenters. The molecule has 2 aromatic heterocycles. The highest BCUT2D eigenvalue weighted by Crippen LogP contribution is 2.07. The van der Waals surface area contributed by atoms with Gasteiger partial charge in [0.05, 0.1) is 6.20 Å². The van der Waals surface area contributed by atoms with Gasteiger partial charge in [-0.25, -0.2) is 9.67 Å². The first-order chi connectivity index (χ1) is 7.31. The monoisotopic (exact) mass is 207 g/mol. The number of aryl methyl sites for hydroxylation is 1. The zero-order chi connectivity index (χ0) is 10.7. The van der Waals surface area contributed by atoms with Crippen molar-refractivity contribution in [1.29, 1.82) is 0 Å². The van der Waals surface area contributed by atoms with E-state index in [2.05, 4.69) is 25.6 Å². The maximum atomic E-state index is 5.39. The van der Waals surface area contributed by atoms with Gasteiger partial charge in [0.2, 0.25) is 5.95 Å². The van der Waals surface area contributed by atoms with Gasteiger partial charge in [0.1, 0.15) is 0 Å². The van der Waals surface area contributed by atoms with Crippen LogP contribution < -0.4 is 11.1 Å². The highest BCUT2D eigenvalue weighted by Gasteiger charge is 2.04. The van der Waals surface area contributed by atoms with Gasteiger partial charge in [0.15, 0.2) is 11.2 Å². The maximum absolute atomic E-state index is 5.39. The molecule has 0 radical (unpaired) electrons. The number of hydrogen-bond donors (Lipinski definition) is 2. The Morgan fingerprint density at radius 3 is 3.20 bits per heavy atom. The van der Waals surface area contributed by atoms with E-state index in [1.807, 2.05) is 0 Å². The zero-order valence-corrected chi connectivity index (χ0v) is 8.51. The molecule has 3 N–H and O–H groups in total. The molecule has 0 amide bonds. The van der Waals surface area contributed by atoms with Crippen molar-refractivity contribution in [3.05, 3.63) is 6.20 Å². The molecule has 0 atom stereocenters. The van der Waals surface area contributed by atoms with Gasteiger partial charge in [-0.15, -0.1) is 5.10 Å². The maximum Gasteiger partial charge on any atom is 0.224 e. The highest BCUT2D eigenvalue weighted by atomic mass is 15.4. The molecule has 80 valence electrons. The third kappa shape index (κ3) is 2.01. The van der Waals surface area contributed by atoms with E-state index in [1.54, 1.807) is 17.9 Å². The molecule has 0 fully saturated rings. The van der Waals surface area contributed by atoms with Crippen molar-refractivity contribution in [3.8, 4) is 0 Å². The molecule has 0 aliphatic heterocycles. The van der Waals surface area contributed by atoms with Crippen LogP contribution in [0, 0.1) is 0 Å². The van der Waals surface area contributed by atoms with Gasteiger partial charge in [-0.1, -0.05) is 5.21 Å². The summed E-state index contributed by atoms with van der Waals surface area (Å²) in [5.74, 6) is 0.585. The van der Waals surface area contributed by atoms with Crippen molar-refractivity contribution < 1.29 is 0 Å². The first kappa shape index (κ1) is 9.78. The quantitative estimate of drug-likeness (QED) is 0.657. The zero-order valence-electron chi connectivity index (χ0n) is 8.51. The summed E-state index contributed by atoms with van der Waals surface area (Å²) in [6.07, 6.45) is 2.55. The molecular formula is C8H13N7. The van der Waals surface area contributed by atoms with Crippen molar-refractivity contribution >= 4 is 17.1 Å². The average molecular weight is 207 g/mol. The normalized spacial score (nSPS) is 10.8. The van der Waals surface area contributed by atoms with Crippen LogP contribution >= 0.6 is 0 Å². The Morgan fingerprint density at radius 2 is 2.40 bits per heavy atom. The number of nitrogens with one attached hydrogen (secondary N) is 1. The van der Waals surface area contributed by atoms with Crippen LogP contribution in [0.1, 0.15) is 6.42 Å². The lowest BCUT2D eigenvalue weighted by atomic mass is 10.4. The summed E-state index contributed by atoms with van der Waals surface area (Å²) in [4.78, 5) is 8.39. The topological polar surface area (TPSA) is 94.5 Å². The van der Waals surface area contributed by atoms with Crippen molar-refractivity contribution in [2.45, 2.75) is 6.42 Å². The van der Waals surface area contributed by atoms with Gasteiger partial charge in [-0.2, -0.15) is 4.98 Å². The Labute approximate surface area is 86.7 Å². The molecule has 2 rings (SSSR count). The van der Waals surface area contributed by atoms with Crippen LogP contribution in [0.15, 0.2) is 6.20 Å². The van der Waals surface area contributed by atoms with E-state index in [1.165, 1.54) is 0 Å². The molecule has 2 aromatic rings. The minimum Gasteiger partial charge on any atom is -0.354 e. The van der Waals surface area contributed by atoms with Gasteiger partial charge in [0.25, 0.3) is 0 Å². The number of hydrogen-bond acceptors (Lipinski definition) is 6. The minimum atomic E-state index is 0.585. The Balaban J connectivity index is 2.18. The van der Waals surface area contributed by atoms with E-state index in [9.17, 15) is 0 Å². The van der Waals surface area contributed by atoms with Gasteiger partial charge in [-0.3, -0.25) is 0 Å². The summed E-state index contributed by atoms with van der Waals surface area (Å²) in [5, 5.41) is 10.8. The molecule has 0 spiro atoms. The highest BCUT2D eigenvalue weighted by molar-refractivity contribution is 5.69. The van der Waals surface area contributed by atoms with Crippen molar-refractivity contribution in [1.82, 2.24) is 25.0 Å². The van der Waals surface area contributed by atoms with E-state index in [-0.39, 0.29) is 0 Å². The van der Waals surface area contributed by atoms with Crippen LogP contribution in [0.3, 0.4) is 0 Å². The SMILES string of the molecule is Cn1nnc2cnc(NCCCN)nc21. The second kappa shape index (κ2) is 4.18. The van der Waals surface area contributed by atoms with Gasteiger partial charge in [-0.05, 0) is 13.0 Å². The van der Waals surface area contributed by atoms with Crippen LogP contribution in [0.5, 0.6) is 0 Å². The smallest absolute Gasteiger partial charge is 0.224 e. The lowest BCUT2D eigenvalue weighted by Crippen LogP contribution is -2.10. The predicted octanol–water partition coefficient (Wildman–Crippen LogP) is -0.481. The van der Waals surface area contributed by atoms with E-state index in [0.29, 0.717) is 18.0 Å². The first-order valence-corrected chi connectivity index (χ1v) is 4.77. The molecule has 0 aliphatic rings. The van der Waals surface area contributed by atoms with Crippen LogP contribution in [0.2, 0.25) is 0 Å². The van der Waals surface area contributed by atoms with Gasteiger partial charge in [0, 0.05) is 13.6 Å². The lowest BCUT2D eigenvalue weighted by molar-refractivity contribution is 0.729. The van der Waals surface area contributed by atoms with Gasteiger partial charge >= 0.3 is 0 Å². The Kier molecular flexibility index (Phi) is 2.72. The molecule has 7 heteroatoms. The second-order valence-corrected chi connectivity index (χ2v) is 3.18. The average Bonchev–Trinajstić information content (AvgIpc) is 2.61. The fourth-order valence-corrected chi connectivity index (χ4v) is 1.22. The Morgan fingerprint density at radius 1 is 1.53 bits per heavy atom. The lowest BCUT2D eigenvalue weighted by Gasteiger charge is -2.02. The van der Waals surface area contributed by atoms with Crippen LogP contribution in [0.25, 0.3) is 11.2 Å². The van der Waals surface area contributed by atoms with Crippen LogP contribution in [-0.4, -0.2) is 38.1 Å². The summed E-state index contributed by atoms with van der Waals surface area (Å²) in [6, 6.07) is 0. The van der Waals surface area contributed by atoms with E-state index in [4.69, 9.17) is 5.73 Å². The van der Waals surface area contributed by atoms with Crippen molar-refractivity contribution in [2.24, 2.45) is 12.8 Å². The fraction of sp³-hybridized carbons (Fsp3) is 0.500. The van der Waals surface area contributed by atoms with E-state index >= 15 is 0 Å². The van der Waals surface area contributed by atoms with Crippen molar-refractivity contribution in [2.75, 3.05) is 18.4 Å². The third-order valence-electron chi connectivity index (χ3n) is 2.01. The molecule has 0 aliphatic carbocycles. The Bertz CT molecular complexity index is 449. The molecule has 7 nitrogen and oxygen atoms in total. The Hall–Kier alpha value is -1.76. The molecule has 15 heavy (non-hydrogen) atoms. The standard InChI is InChI=1S/C8H13N7/c1-15-7-6(13-14-15)5-11-8(12-7)10-4-2-3-9/h5H,2-4,9H2,1H3,(H,10,11,12). The number of nitrogens with two attached hydrogens (primary N) is 1. The van der Waals surface area contributed by atoms with E-state index < -0.39 is 0 Å². The number of anilines is 1. The largest absolute Gasteiger partial charge is 0.354 e. The molecule has 0 saturated carbocycles. The summed E-state index contributed by atoms with van der Waals surface area (Å²) >= 11 is 0. The molecule has 2 heterocycles. The fourth-order valence-electron chi connectivity index (χ4n) is 1.22. The van der Waals surface area contributed by atoms with Gasteiger partial charge < -0.3 is 11.1 Å². The number of rotatable bonds is 4. The summed E-state index contributed by atoms with van der Waals surface area (Å²) in [7, 11) is 1.80. The predicted molar refractivity (Wildman–Crippen MR) is 56.3 cm³/mol. The first-order valence-electron chi connectivity index (χ1n) is 4.77. The molecule has 0 aromatic carbocycles. The van der Waals surface area contributed by atoms with Crippen LogP contribution in [-0.2, 0) is 7.05 Å². The molecular weight excluding hydrogens is 194 g/mol. The molecule has 0 saturated heterocycles. The number of fused-ring (bicyclic) bond motifs is 1. The molecule has 0 bridgehead atoms. The van der Waals surface area contributed by atoms with E-state index in [0.717, 1.165) is 18.6 Å². The summed E-state index contributed by atoms with van der Waals surface area (Å²) < 4.78 is 1.62. The minimum absolute atomic E-state index is 0.585.